The fourth-order valence-electron chi connectivity index (χ4n) is 2.90. The molecule has 0 aliphatic rings. The summed E-state index contributed by atoms with van der Waals surface area (Å²) in [5.74, 6) is -1.01. The number of hydrogen-bond donors (Lipinski definition) is 2. The van der Waals surface area contributed by atoms with E-state index in [1.165, 1.54) is 0 Å². The second-order valence-corrected chi connectivity index (χ2v) is 6.91. The van der Waals surface area contributed by atoms with Gasteiger partial charge in [0.05, 0.1) is 13.0 Å². The number of hydrogen-bond acceptors (Lipinski definition) is 4. The minimum atomic E-state index is -0.415. The Bertz CT molecular complexity index is 1020. The van der Waals surface area contributed by atoms with Crippen molar-refractivity contribution >= 4 is 29.2 Å². The number of carbonyl (C=O) groups excluding carboxylic acids is 3. The molecule has 31 heavy (non-hydrogen) atoms. The van der Waals surface area contributed by atoms with E-state index in [-0.39, 0.29) is 31.3 Å². The molecule has 0 saturated heterocycles. The van der Waals surface area contributed by atoms with Gasteiger partial charge in [0.15, 0.2) is 0 Å². The van der Waals surface area contributed by atoms with Crippen LogP contribution in [-0.2, 0) is 20.7 Å². The first-order valence-electron chi connectivity index (χ1n) is 10.1. The molecule has 158 valence electrons. The zero-order valence-electron chi connectivity index (χ0n) is 17.0. The molecule has 3 aromatic carbocycles. The molecule has 0 saturated carbocycles. The highest BCUT2D eigenvalue weighted by Gasteiger charge is 2.11. The maximum absolute atomic E-state index is 12.4. The molecule has 6 heteroatoms. The molecular formula is C25H24N2O4. The second-order valence-electron chi connectivity index (χ2n) is 6.91. The number of amides is 2. The van der Waals surface area contributed by atoms with Gasteiger partial charge in [-0.1, -0.05) is 54.6 Å². The van der Waals surface area contributed by atoms with Crippen LogP contribution in [0.15, 0.2) is 84.9 Å². The minimum Gasteiger partial charge on any atom is -0.465 e. The lowest BCUT2D eigenvalue weighted by Crippen LogP contribution is -2.16. The third-order valence-corrected chi connectivity index (χ3v) is 4.49. The van der Waals surface area contributed by atoms with E-state index in [2.05, 4.69) is 10.6 Å². The Kier molecular flexibility index (Phi) is 7.94. The molecule has 3 rings (SSSR count). The first-order chi connectivity index (χ1) is 15.1. The first kappa shape index (κ1) is 21.8. The van der Waals surface area contributed by atoms with Crippen LogP contribution < -0.4 is 10.6 Å². The minimum absolute atomic E-state index is 0.00457. The quantitative estimate of drug-likeness (QED) is 0.505. The molecule has 0 aliphatic carbocycles. The van der Waals surface area contributed by atoms with Crippen molar-refractivity contribution in [3.05, 3.63) is 96.1 Å². The topological polar surface area (TPSA) is 84.5 Å². The number of para-hydroxylation sites is 1. The molecule has 0 aliphatic heterocycles. The van der Waals surface area contributed by atoms with Crippen molar-refractivity contribution in [3.63, 3.8) is 0 Å². The summed E-state index contributed by atoms with van der Waals surface area (Å²) in [5.41, 5.74) is 2.68. The fourth-order valence-corrected chi connectivity index (χ4v) is 2.90. The number of benzene rings is 3. The van der Waals surface area contributed by atoms with Crippen LogP contribution >= 0.6 is 0 Å². The zero-order chi connectivity index (χ0) is 21.9. The summed E-state index contributed by atoms with van der Waals surface area (Å²) in [6.45, 7) is 0.281. The smallest absolute Gasteiger partial charge is 0.306 e. The Morgan fingerprint density at radius 3 is 2.13 bits per heavy atom. The van der Waals surface area contributed by atoms with Gasteiger partial charge in [0.2, 0.25) is 5.91 Å². The Morgan fingerprint density at radius 2 is 1.39 bits per heavy atom. The van der Waals surface area contributed by atoms with E-state index in [9.17, 15) is 14.4 Å². The highest BCUT2D eigenvalue weighted by atomic mass is 16.5. The Labute approximate surface area is 181 Å². The molecule has 6 nitrogen and oxygen atoms in total. The fraction of sp³-hybridized carbons (Fsp3) is 0.160. The van der Waals surface area contributed by atoms with E-state index in [1.54, 1.807) is 36.4 Å². The summed E-state index contributed by atoms with van der Waals surface area (Å²) in [6.07, 6.45) is 0.635. The predicted molar refractivity (Wildman–Crippen MR) is 120 cm³/mol. The lowest BCUT2D eigenvalue weighted by molar-refractivity contribution is -0.144. The van der Waals surface area contributed by atoms with Crippen molar-refractivity contribution in [2.45, 2.75) is 19.3 Å². The van der Waals surface area contributed by atoms with Gasteiger partial charge < -0.3 is 15.4 Å². The predicted octanol–water partition coefficient (Wildman–Crippen LogP) is 4.44. The maximum atomic E-state index is 12.4. The molecule has 0 atom stereocenters. The van der Waals surface area contributed by atoms with Crippen LogP contribution in [0.5, 0.6) is 0 Å². The van der Waals surface area contributed by atoms with Crippen LogP contribution in [0.1, 0.15) is 28.8 Å². The molecule has 2 amide bonds. The molecule has 0 radical (unpaired) electrons. The van der Waals surface area contributed by atoms with Gasteiger partial charge in [-0.2, -0.15) is 0 Å². The lowest BCUT2D eigenvalue weighted by atomic mass is 10.1. The number of esters is 1. The summed E-state index contributed by atoms with van der Waals surface area (Å²) in [5, 5.41) is 5.51. The van der Waals surface area contributed by atoms with Gasteiger partial charge in [-0.3, -0.25) is 14.4 Å². The molecule has 0 heterocycles. The third-order valence-electron chi connectivity index (χ3n) is 4.49. The van der Waals surface area contributed by atoms with Crippen LogP contribution in [0.3, 0.4) is 0 Å². The van der Waals surface area contributed by atoms with Gasteiger partial charge in [0.25, 0.3) is 5.91 Å². The molecule has 0 aromatic heterocycles. The van der Waals surface area contributed by atoms with Crippen LogP contribution in [0.2, 0.25) is 0 Å². The van der Waals surface area contributed by atoms with Crippen molar-refractivity contribution < 1.29 is 19.1 Å². The largest absolute Gasteiger partial charge is 0.465 e. The Balaban J connectivity index is 1.42. The molecule has 3 aromatic rings. The van der Waals surface area contributed by atoms with Crippen molar-refractivity contribution in [1.82, 2.24) is 0 Å². The van der Waals surface area contributed by atoms with Crippen molar-refractivity contribution in [2.24, 2.45) is 0 Å². The van der Waals surface area contributed by atoms with Crippen LogP contribution in [0.4, 0.5) is 11.4 Å². The van der Waals surface area contributed by atoms with E-state index in [4.69, 9.17) is 4.74 Å². The van der Waals surface area contributed by atoms with Crippen LogP contribution in [0, 0.1) is 0 Å². The van der Waals surface area contributed by atoms with Gasteiger partial charge >= 0.3 is 5.97 Å². The van der Waals surface area contributed by atoms with E-state index < -0.39 is 5.97 Å². The van der Waals surface area contributed by atoms with Gasteiger partial charge in [-0.05, 0) is 35.9 Å². The third kappa shape index (κ3) is 7.44. The molecule has 0 bridgehead atoms. The zero-order valence-corrected chi connectivity index (χ0v) is 17.0. The first-order valence-corrected chi connectivity index (χ1v) is 10.1. The highest BCUT2D eigenvalue weighted by Crippen LogP contribution is 2.14. The summed E-state index contributed by atoms with van der Waals surface area (Å²) < 4.78 is 5.18. The SMILES string of the molecule is O=C(CCC(=O)OCCc1ccccc1)Nc1cccc(C(=O)Nc2ccccc2)c1. The summed E-state index contributed by atoms with van der Waals surface area (Å²) >= 11 is 0. The van der Waals surface area contributed by atoms with E-state index in [1.807, 2.05) is 48.5 Å². The molecule has 2 N–H and O–H groups in total. The highest BCUT2D eigenvalue weighted by molar-refractivity contribution is 6.05. The second kappa shape index (κ2) is 11.3. The van der Waals surface area contributed by atoms with Crippen molar-refractivity contribution in [2.75, 3.05) is 17.2 Å². The standard InChI is InChI=1S/C25H24N2O4/c28-23(14-15-24(29)31-17-16-19-8-3-1-4-9-19)26-22-13-7-10-20(18-22)25(30)27-21-11-5-2-6-12-21/h1-13,18H,14-17H2,(H,26,28)(H,27,30). The average molecular weight is 416 g/mol. The number of ether oxygens (including phenoxy) is 1. The van der Waals surface area contributed by atoms with E-state index in [0.717, 1.165) is 5.56 Å². The molecule has 0 spiro atoms. The average Bonchev–Trinajstić information content (AvgIpc) is 2.79. The normalized spacial score (nSPS) is 10.2. The van der Waals surface area contributed by atoms with E-state index in [0.29, 0.717) is 23.4 Å². The lowest BCUT2D eigenvalue weighted by Gasteiger charge is -2.09. The number of nitrogens with one attached hydrogen (secondary N) is 2. The van der Waals surface area contributed by atoms with Crippen LogP contribution in [0.25, 0.3) is 0 Å². The van der Waals surface area contributed by atoms with Crippen LogP contribution in [-0.4, -0.2) is 24.4 Å². The van der Waals surface area contributed by atoms with E-state index >= 15 is 0 Å². The van der Waals surface area contributed by atoms with Gasteiger partial charge in [0, 0.05) is 29.8 Å². The van der Waals surface area contributed by atoms with Gasteiger partial charge in [-0.15, -0.1) is 0 Å². The van der Waals surface area contributed by atoms with Crippen molar-refractivity contribution in [3.8, 4) is 0 Å². The van der Waals surface area contributed by atoms with Crippen molar-refractivity contribution in [1.29, 1.82) is 0 Å². The number of rotatable bonds is 9. The van der Waals surface area contributed by atoms with Gasteiger partial charge in [0.1, 0.15) is 0 Å². The number of carbonyl (C=O) groups is 3. The summed E-state index contributed by atoms with van der Waals surface area (Å²) in [7, 11) is 0. The Hall–Kier alpha value is -3.93. The summed E-state index contributed by atoms with van der Waals surface area (Å²) in [6, 6.07) is 25.5. The Morgan fingerprint density at radius 1 is 0.710 bits per heavy atom. The molecular weight excluding hydrogens is 392 g/mol. The number of anilines is 2. The monoisotopic (exact) mass is 416 g/mol. The maximum Gasteiger partial charge on any atom is 0.306 e. The molecule has 0 unspecified atom stereocenters. The summed E-state index contributed by atoms with van der Waals surface area (Å²) in [4.78, 5) is 36.4. The molecule has 0 fully saturated rings. The van der Waals surface area contributed by atoms with Gasteiger partial charge in [-0.25, -0.2) is 0 Å².